The lowest BCUT2D eigenvalue weighted by atomic mass is 10.1. The van der Waals surface area contributed by atoms with Gasteiger partial charge in [-0.05, 0) is 30.3 Å². The number of hydrogen-bond acceptors (Lipinski definition) is 6. The van der Waals surface area contributed by atoms with Crippen LogP contribution >= 0.6 is 11.3 Å². The molecular weight excluding hydrogens is 400 g/mol. The van der Waals surface area contributed by atoms with Crippen molar-refractivity contribution in [2.45, 2.75) is 0 Å². The second kappa shape index (κ2) is 8.06. The molecule has 7 nitrogen and oxygen atoms in total. The van der Waals surface area contributed by atoms with Crippen molar-refractivity contribution in [3.05, 3.63) is 54.2 Å². The maximum absolute atomic E-state index is 11.3. The Labute approximate surface area is 177 Å². The number of nitrogens with zero attached hydrogens (tertiary/aromatic N) is 3. The van der Waals surface area contributed by atoms with Gasteiger partial charge in [0.1, 0.15) is 12.4 Å². The van der Waals surface area contributed by atoms with Crippen LogP contribution in [-0.4, -0.2) is 59.6 Å². The molecule has 1 saturated heterocycles. The smallest absolute Gasteiger partial charge is 0.248 e. The van der Waals surface area contributed by atoms with Crippen LogP contribution in [0.5, 0.6) is 5.75 Å². The van der Waals surface area contributed by atoms with Gasteiger partial charge in [-0.15, -0.1) is 0 Å². The van der Waals surface area contributed by atoms with Gasteiger partial charge >= 0.3 is 0 Å². The SMILES string of the molecule is NC(=O)c1ccc(-c2cn3c(n2)sc2cc(OCCN4CCOCC4)ccc23)cc1. The van der Waals surface area contributed by atoms with Crippen LogP contribution in [0.3, 0.4) is 0 Å². The zero-order valence-electron chi connectivity index (χ0n) is 16.4. The van der Waals surface area contributed by atoms with Gasteiger partial charge < -0.3 is 15.2 Å². The molecule has 0 unspecified atom stereocenters. The highest BCUT2D eigenvalue weighted by Crippen LogP contribution is 2.32. The largest absolute Gasteiger partial charge is 0.492 e. The molecule has 3 heterocycles. The summed E-state index contributed by atoms with van der Waals surface area (Å²) in [4.78, 5) is 19.3. The van der Waals surface area contributed by atoms with Crippen molar-refractivity contribution in [3.8, 4) is 17.0 Å². The lowest BCUT2D eigenvalue weighted by molar-refractivity contribution is 0.0322. The Hall–Kier alpha value is -2.94. The zero-order chi connectivity index (χ0) is 20.5. The van der Waals surface area contributed by atoms with Crippen LogP contribution in [0.1, 0.15) is 10.4 Å². The van der Waals surface area contributed by atoms with Crippen LogP contribution in [0, 0.1) is 0 Å². The molecule has 1 aliphatic heterocycles. The Balaban J connectivity index is 1.32. The van der Waals surface area contributed by atoms with E-state index >= 15 is 0 Å². The number of benzene rings is 2. The third-order valence-corrected chi connectivity index (χ3v) is 6.33. The van der Waals surface area contributed by atoms with Gasteiger partial charge in [-0.1, -0.05) is 23.5 Å². The molecule has 1 aliphatic rings. The van der Waals surface area contributed by atoms with E-state index in [1.807, 2.05) is 24.4 Å². The van der Waals surface area contributed by atoms with Crippen molar-refractivity contribution in [2.24, 2.45) is 5.73 Å². The summed E-state index contributed by atoms with van der Waals surface area (Å²) < 4.78 is 14.6. The number of aromatic nitrogens is 2. The maximum Gasteiger partial charge on any atom is 0.248 e. The molecule has 0 bridgehead atoms. The third-order valence-electron chi connectivity index (χ3n) is 5.31. The summed E-state index contributed by atoms with van der Waals surface area (Å²) in [6, 6.07) is 13.4. The number of primary amides is 1. The number of nitrogens with two attached hydrogens (primary N) is 1. The highest BCUT2D eigenvalue weighted by molar-refractivity contribution is 7.23. The van der Waals surface area contributed by atoms with Crippen LogP contribution in [0.4, 0.5) is 0 Å². The topological polar surface area (TPSA) is 82.1 Å². The highest BCUT2D eigenvalue weighted by atomic mass is 32.1. The van der Waals surface area contributed by atoms with Crippen LogP contribution in [0.25, 0.3) is 26.4 Å². The molecule has 4 aromatic rings. The van der Waals surface area contributed by atoms with Crippen molar-refractivity contribution in [1.82, 2.24) is 14.3 Å². The number of carbonyl (C=O) groups is 1. The number of ether oxygens (including phenoxy) is 2. The monoisotopic (exact) mass is 422 g/mol. The number of rotatable bonds is 6. The van der Waals surface area contributed by atoms with Crippen LogP contribution in [0.15, 0.2) is 48.7 Å². The van der Waals surface area contributed by atoms with E-state index in [-0.39, 0.29) is 0 Å². The van der Waals surface area contributed by atoms with E-state index in [1.165, 1.54) is 0 Å². The average molecular weight is 423 g/mol. The minimum atomic E-state index is -0.429. The quantitative estimate of drug-likeness (QED) is 0.517. The summed E-state index contributed by atoms with van der Waals surface area (Å²) in [5, 5.41) is 0. The summed E-state index contributed by atoms with van der Waals surface area (Å²) in [6.45, 7) is 5.12. The molecule has 8 heteroatoms. The number of morpholine rings is 1. The number of imidazole rings is 1. The molecular formula is C22H22N4O3S. The highest BCUT2D eigenvalue weighted by Gasteiger charge is 2.13. The first kappa shape index (κ1) is 19.0. The van der Waals surface area contributed by atoms with Gasteiger partial charge in [0.15, 0.2) is 4.96 Å². The lowest BCUT2D eigenvalue weighted by Gasteiger charge is -2.26. The van der Waals surface area contributed by atoms with E-state index in [4.69, 9.17) is 20.2 Å². The van der Waals surface area contributed by atoms with Crippen LogP contribution in [-0.2, 0) is 4.74 Å². The van der Waals surface area contributed by atoms with Crippen molar-refractivity contribution in [3.63, 3.8) is 0 Å². The van der Waals surface area contributed by atoms with Gasteiger partial charge in [-0.2, -0.15) is 0 Å². The predicted molar refractivity (Wildman–Crippen MR) is 117 cm³/mol. The number of hydrogen-bond donors (Lipinski definition) is 1. The van der Waals surface area contributed by atoms with E-state index in [1.54, 1.807) is 23.5 Å². The van der Waals surface area contributed by atoms with Gasteiger partial charge in [0.25, 0.3) is 0 Å². The Morgan fingerprint density at radius 1 is 1.17 bits per heavy atom. The number of carbonyl (C=O) groups excluding carboxylic acids is 1. The van der Waals surface area contributed by atoms with E-state index in [2.05, 4.69) is 21.4 Å². The average Bonchev–Trinajstić information content (AvgIpc) is 3.32. The van der Waals surface area contributed by atoms with Gasteiger partial charge in [-0.25, -0.2) is 4.98 Å². The first-order chi connectivity index (χ1) is 14.7. The van der Waals surface area contributed by atoms with Crippen molar-refractivity contribution < 1.29 is 14.3 Å². The zero-order valence-corrected chi connectivity index (χ0v) is 17.2. The second-order valence-electron chi connectivity index (χ2n) is 7.25. The second-order valence-corrected chi connectivity index (χ2v) is 8.26. The lowest BCUT2D eigenvalue weighted by Crippen LogP contribution is -2.38. The summed E-state index contributed by atoms with van der Waals surface area (Å²) in [5.74, 6) is 0.448. The van der Waals surface area contributed by atoms with E-state index < -0.39 is 5.91 Å². The summed E-state index contributed by atoms with van der Waals surface area (Å²) >= 11 is 1.63. The fourth-order valence-corrected chi connectivity index (χ4v) is 4.67. The standard InChI is InChI=1S/C22H22N4O3S/c23-21(27)16-3-1-15(2-4-16)18-14-26-19-6-5-17(13-20(19)30-22(26)24-18)29-12-9-25-7-10-28-11-8-25/h1-6,13-14H,7-12H2,(H2,23,27). The van der Waals surface area contributed by atoms with Crippen molar-refractivity contribution in [2.75, 3.05) is 39.5 Å². The molecule has 0 saturated carbocycles. The van der Waals surface area contributed by atoms with E-state index in [9.17, 15) is 4.79 Å². The Morgan fingerprint density at radius 3 is 2.73 bits per heavy atom. The molecule has 2 aromatic heterocycles. The van der Waals surface area contributed by atoms with Crippen LogP contribution in [0.2, 0.25) is 0 Å². The first-order valence-corrected chi connectivity index (χ1v) is 10.7. The fraction of sp³-hybridized carbons (Fsp3) is 0.273. The molecule has 5 rings (SSSR count). The molecule has 0 atom stereocenters. The molecule has 30 heavy (non-hydrogen) atoms. The maximum atomic E-state index is 11.3. The third kappa shape index (κ3) is 3.77. The van der Waals surface area contributed by atoms with Crippen molar-refractivity contribution >= 4 is 32.4 Å². The minimum Gasteiger partial charge on any atom is -0.492 e. The predicted octanol–water partition coefficient (Wildman–Crippen LogP) is 3.03. The summed E-state index contributed by atoms with van der Waals surface area (Å²) in [5.41, 5.74) is 8.72. The summed E-state index contributed by atoms with van der Waals surface area (Å²) in [6.07, 6.45) is 2.02. The number of fused-ring (bicyclic) bond motifs is 3. The van der Waals surface area contributed by atoms with Gasteiger partial charge in [0.2, 0.25) is 5.91 Å². The summed E-state index contributed by atoms with van der Waals surface area (Å²) in [7, 11) is 0. The Bertz CT molecular complexity index is 1190. The Morgan fingerprint density at radius 2 is 1.97 bits per heavy atom. The van der Waals surface area contributed by atoms with E-state index in [0.29, 0.717) is 12.2 Å². The van der Waals surface area contributed by atoms with Crippen LogP contribution < -0.4 is 10.5 Å². The van der Waals surface area contributed by atoms with E-state index in [0.717, 1.165) is 65.0 Å². The number of amides is 1. The normalized spacial score (nSPS) is 15.1. The number of thiazole rings is 1. The molecule has 2 aromatic carbocycles. The minimum absolute atomic E-state index is 0.429. The molecule has 1 amide bonds. The first-order valence-electron chi connectivity index (χ1n) is 9.92. The molecule has 0 aliphatic carbocycles. The van der Waals surface area contributed by atoms with Gasteiger partial charge in [-0.3, -0.25) is 14.1 Å². The van der Waals surface area contributed by atoms with Gasteiger partial charge in [0, 0.05) is 37.0 Å². The molecule has 2 N–H and O–H groups in total. The van der Waals surface area contributed by atoms with Gasteiger partial charge in [0.05, 0.1) is 29.1 Å². The Kier molecular flexibility index (Phi) is 5.12. The molecule has 154 valence electrons. The molecule has 0 spiro atoms. The van der Waals surface area contributed by atoms with Crippen molar-refractivity contribution in [1.29, 1.82) is 0 Å². The fourth-order valence-electron chi connectivity index (χ4n) is 3.63. The molecule has 1 fully saturated rings. The molecule has 0 radical (unpaired) electrons.